The zero-order valence-electron chi connectivity index (χ0n) is 12.4. The molecule has 1 rings (SSSR count). The van der Waals surface area contributed by atoms with Crippen molar-refractivity contribution in [1.82, 2.24) is 9.80 Å². The fraction of sp³-hybridized carbons (Fsp3) is 0.857. The molecule has 5 heteroatoms. The third-order valence-electron chi connectivity index (χ3n) is 3.62. The summed E-state index contributed by atoms with van der Waals surface area (Å²) < 4.78 is 4.97. The fourth-order valence-corrected chi connectivity index (χ4v) is 2.43. The average Bonchev–Trinajstić information content (AvgIpc) is 2.38. The van der Waals surface area contributed by atoms with E-state index in [-0.39, 0.29) is 11.8 Å². The lowest BCUT2D eigenvalue weighted by molar-refractivity contribution is -0.135. The van der Waals surface area contributed by atoms with Crippen LogP contribution in [0.25, 0.3) is 0 Å². The molecule has 0 aliphatic carbocycles. The molecule has 0 radical (unpaired) electrons. The molecule has 19 heavy (non-hydrogen) atoms. The van der Waals surface area contributed by atoms with E-state index in [2.05, 4.69) is 6.92 Å². The SMILES string of the molecule is COCCN(CCC(=O)N1CCCC(C)C1)C(C)=O. The summed E-state index contributed by atoms with van der Waals surface area (Å²) in [6.45, 7) is 6.98. The minimum atomic E-state index is -0.00291. The normalized spacial score (nSPS) is 19.3. The molecule has 0 N–H and O–H groups in total. The molecule has 110 valence electrons. The highest BCUT2D eigenvalue weighted by Gasteiger charge is 2.21. The lowest BCUT2D eigenvalue weighted by atomic mass is 10.00. The topological polar surface area (TPSA) is 49.9 Å². The summed E-state index contributed by atoms with van der Waals surface area (Å²) in [6, 6.07) is 0. The van der Waals surface area contributed by atoms with Crippen LogP contribution >= 0.6 is 0 Å². The zero-order chi connectivity index (χ0) is 14.3. The van der Waals surface area contributed by atoms with Gasteiger partial charge in [-0.05, 0) is 18.8 Å². The molecule has 1 heterocycles. The van der Waals surface area contributed by atoms with Crippen LogP contribution in [0.5, 0.6) is 0 Å². The molecule has 0 aromatic heterocycles. The number of carbonyl (C=O) groups excluding carboxylic acids is 2. The summed E-state index contributed by atoms with van der Waals surface area (Å²) in [7, 11) is 1.61. The maximum Gasteiger partial charge on any atom is 0.224 e. The van der Waals surface area contributed by atoms with Crippen LogP contribution in [0, 0.1) is 5.92 Å². The van der Waals surface area contributed by atoms with Crippen molar-refractivity contribution >= 4 is 11.8 Å². The van der Waals surface area contributed by atoms with Crippen molar-refractivity contribution in [3.63, 3.8) is 0 Å². The fourth-order valence-electron chi connectivity index (χ4n) is 2.43. The molecular formula is C14H26N2O3. The molecular weight excluding hydrogens is 244 g/mol. The highest BCUT2D eigenvalue weighted by atomic mass is 16.5. The highest BCUT2D eigenvalue weighted by molar-refractivity contribution is 5.78. The molecule has 1 atom stereocenters. The van der Waals surface area contributed by atoms with E-state index in [1.165, 1.54) is 13.3 Å². The van der Waals surface area contributed by atoms with E-state index in [0.29, 0.717) is 32.0 Å². The predicted molar refractivity (Wildman–Crippen MR) is 73.7 cm³/mol. The summed E-state index contributed by atoms with van der Waals surface area (Å²) in [5, 5.41) is 0. The largest absolute Gasteiger partial charge is 0.383 e. The highest BCUT2D eigenvalue weighted by Crippen LogP contribution is 2.16. The van der Waals surface area contributed by atoms with Crippen LogP contribution in [0.4, 0.5) is 0 Å². The Kier molecular flexibility index (Phi) is 6.84. The van der Waals surface area contributed by atoms with Gasteiger partial charge in [0.15, 0.2) is 0 Å². The number of likely N-dealkylation sites (tertiary alicyclic amines) is 1. The Hall–Kier alpha value is -1.10. The van der Waals surface area contributed by atoms with Crippen molar-refractivity contribution in [3.05, 3.63) is 0 Å². The van der Waals surface area contributed by atoms with Crippen LogP contribution in [-0.2, 0) is 14.3 Å². The van der Waals surface area contributed by atoms with E-state index < -0.39 is 0 Å². The molecule has 1 aliphatic heterocycles. The lowest BCUT2D eigenvalue weighted by Crippen LogP contribution is -2.41. The summed E-state index contributed by atoms with van der Waals surface area (Å²) in [6.07, 6.45) is 2.71. The molecule has 0 aromatic rings. The van der Waals surface area contributed by atoms with Crippen molar-refractivity contribution in [2.24, 2.45) is 5.92 Å². The van der Waals surface area contributed by atoms with Gasteiger partial charge in [0.25, 0.3) is 0 Å². The first-order valence-corrected chi connectivity index (χ1v) is 7.06. The Labute approximate surface area is 115 Å². The molecule has 1 unspecified atom stereocenters. The van der Waals surface area contributed by atoms with E-state index in [9.17, 15) is 9.59 Å². The van der Waals surface area contributed by atoms with Gasteiger partial charge in [0.2, 0.25) is 11.8 Å². The monoisotopic (exact) mass is 270 g/mol. The van der Waals surface area contributed by atoms with Crippen molar-refractivity contribution in [3.8, 4) is 0 Å². The van der Waals surface area contributed by atoms with Gasteiger partial charge >= 0.3 is 0 Å². The van der Waals surface area contributed by atoms with Crippen LogP contribution < -0.4 is 0 Å². The summed E-state index contributed by atoms with van der Waals surface area (Å²) >= 11 is 0. The third-order valence-corrected chi connectivity index (χ3v) is 3.62. The van der Waals surface area contributed by atoms with Gasteiger partial charge < -0.3 is 14.5 Å². The molecule has 0 spiro atoms. The van der Waals surface area contributed by atoms with E-state index in [1.54, 1.807) is 12.0 Å². The lowest BCUT2D eigenvalue weighted by Gasteiger charge is -2.31. The number of hydrogen-bond acceptors (Lipinski definition) is 3. The standard InChI is InChI=1S/C14H26N2O3/c1-12-5-4-7-16(11-12)14(18)6-8-15(13(2)17)9-10-19-3/h12H,4-11H2,1-3H3. The first-order valence-electron chi connectivity index (χ1n) is 7.06. The van der Waals surface area contributed by atoms with Crippen molar-refractivity contribution in [2.75, 3.05) is 39.9 Å². The smallest absolute Gasteiger partial charge is 0.224 e. The summed E-state index contributed by atoms with van der Waals surface area (Å²) in [5.41, 5.74) is 0. The Morgan fingerprint density at radius 3 is 2.68 bits per heavy atom. The minimum absolute atomic E-state index is 0.00291. The van der Waals surface area contributed by atoms with Gasteiger partial charge in [-0.2, -0.15) is 0 Å². The molecule has 0 saturated carbocycles. The zero-order valence-corrected chi connectivity index (χ0v) is 12.4. The van der Waals surface area contributed by atoms with Crippen LogP contribution in [0.2, 0.25) is 0 Å². The number of rotatable bonds is 6. The molecule has 5 nitrogen and oxygen atoms in total. The minimum Gasteiger partial charge on any atom is -0.383 e. The van der Waals surface area contributed by atoms with Gasteiger partial charge in [-0.3, -0.25) is 9.59 Å². The van der Waals surface area contributed by atoms with Gasteiger partial charge in [-0.1, -0.05) is 6.92 Å². The Morgan fingerprint density at radius 1 is 1.37 bits per heavy atom. The summed E-state index contributed by atoms with van der Waals surface area (Å²) in [4.78, 5) is 27.1. The van der Waals surface area contributed by atoms with Gasteiger partial charge in [-0.25, -0.2) is 0 Å². The van der Waals surface area contributed by atoms with Gasteiger partial charge in [0, 0.05) is 46.6 Å². The number of piperidine rings is 1. The van der Waals surface area contributed by atoms with Crippen LogP contribution in [-0.4, -0.2) is 61.5 Å². The van der Waals surface area contributed by atoms with Crippen molar-refractivity contribution in [1.29, 1.82) is 0 Å². The molecule has 0 aromatic carbocycles. The van der Waals surface area contributed by atoms with Crippen LogP contribution in [0.3, 0.4) is 0 Å². The first-order chi connectivity index (χ1) is 9.04. The van der Waals surface area contributed by atoms with Gasteiger partial charge in [0.05, 0.1) is 6.61 Å². The van der Waals surface area contributed by atoms with E-state index in [1.807, 2.05) is 4.90 Å². The van der Waals surface area contributed by atoms with Crippen molar-refractivity contribution < 1.29 is 14.3 Å². The molecule has 0 bridgehead atoms. The Balaban J connectivity index is 2.36. The maximum absolute atomic E-state index is 12.1. The summed E-state index contributed by atoms with van der Waals surface area (Å²) in [5.74, 6) is 0.752. The van der Waals surface area contributed by atoms with Gasteiger partial charge in [-0.15, -0.1) is 0 Å². The molecule has 1 fully saturated rings. The number of carbonyl (C=O) groups is 2. The first kappa shape index (κ1) is 16.0. The number of methoxy groups -OCH3 is 1. The maximum atomic E-state index is 12.1. The Bertz CT molecular complexity index is 307. The quantitative estimate of drug-likeness (QED) is 0.727. The Morgan fingerprint density at radius 2 is 2.11 bits per heavy atom. The van der Waals surface area contributed by atoms with Crippen molar-refractivity contribution in [2.45, 2.75) is 33.1 Å². The third kappa shape index (κ3) is 5.59. The number of ether oxygens (including phenoxy) is 1. The van der Waals surface area contributed by atoms with E-state index in [4.69, 9.17) is 4.74 Å². The second kappa shape index (κ2) is 8.15. The average molecular weight is 270 g/mol. The number of amides is 2. The van der Waals surface area contributed by atoms with Crippen LogP contribution in [0.15, 0.2) is 0 Å². The van der Waals surface area contributed by atoms with Crippen LogP contribution in [0.1, 0.15) is 33.1 Å². The van der Waals surface area contributed by atoms with E-state index in [0.717, 1.165) is 19.5 Å². The number of hydrogen-bond donors (Lipinski definition) is 0. The molecule has 2 amide bonds. The second-order valence-corrected chi connectivity index (χ2v) is 5.34. The predicted octanol–water partition coefficient (Wildman–Crippen LogP) is 1.13. The number of nitrogens with zero attached hydrogens (tertiary/aromatic N) is 2. The van der Waals surface area contributed by atoms with E-state index >= 15 is 0 Å². The second-order valence-electron chi connectivity index (χ2n) is 5.34. The van der Waals surface area contributed by atoms with Gasteiger partial charge in [0.1, 0.15) is 0 Å². The molecule has 1 aliphatic rings. The molecule has 1 saturated heterocycles.